The summed E-state index contributed by atoms with van der Waals surface area (Å²) in [4.78, 5) is 14.7. The average Bonchev–Trinajstić information content (AvgIpc) is 2.98. The Morgan fingerprint density at radius 1 is 1.39 bits per heavy atom. The summed E-state index contributed by atoms with van der Waals surface area (Å²) in [5.74, 6) is 0.0597. The van der Waals surface area contributed by atoms with Crippen LogP contribution in [-0.4, -0.2) is 46.7 Å². The molecule has 2 N–H and O–H groups in total. The van der Waals surface area contributed by atoms with Gasteiger partial charge in [0, 0.05) is 24.5 Å². The standard InChI is InChI=1S/C18H26N4O/c1-2-14-7-5-6-11-22(14)12-10-19-18(23)13-17-15-8-3-4-9-16(15)20-21-17/h3-4,8-9,14H,2,5-7,10-13H2,1H3,(H,19,23)(H,20,21). The number of aromatic amines is 1. The molecule has 1 aliphatic heterocycles. The van der Waals surface area contributed by atoms with Crippen LogP contribution in [0.15, 0.2) is 24.3 Å². The Hall–Kier alpha value is -1.88. The fraction of sp³-hybridized carbons (Fsp3) is 0.556. The van der Waals surface area contributed by atoms with E-state index < -0.39 is 0 Å². The van der Waals surface area contributed by atoms with Crippen molar-refractivity contribution in [3.8, 4) is 0 Å². The van der Waals surface area contributed by atoms with E-state index in [9.17, 15) is 4.79 Å². The number of H-pyrrole nitrogens is 1. The van der Waals surface area contributed by atoms with Gasteiger partial charge in [0.1, 0.15) is 0 Å². The Kier molecular flexibility index (Phi) is 5.28. The van der Waals surface area contributed by atoms with Crippen LogP contribution in [0.1, 0.15) is 38.3 Å². The zero-order valence-corrected chi connectivity index (χ0v) is 13.8. The van der Waals surface area contributed by atoms with Gasteiger partial charge in [-0.25, -0.2) is 0 Å². The lowest BCUT2D eigenvalue weighted by molar-refractivity contribution is -0.120. The minimum absolute atomic E-state index is 0.0597. The van der Waals surface area contributed by atoms with Crippen LogP contribution in [0.25, 0.3) is 10.9 Å². The van der Waals surface area contributed by atoms with E-state index in [4.69, 9.17) is 0 Å². The number of piperidine rings is 1. The highest BCUT2D eigenvalue weighted by Crippen LogP contribution is 2.18. The van der Waals surface area contributed by atoms with Crippen molar-refractivity contribution in [3.63, 3.8) is 0 Å². The number of hydrogen-bond donors (Lipinski definition) is 2. The third-order valence-corrected chi connectivity index (χ3v) is 4.82. The zero-order valence-electron chi connectivity index (χ0n) is 13.8. The van der Waals surface area contributed by atoms with E-state index in [1.165, 1.54) is 32.2 Å². The monoisotopic (exact) mass is 314 g/mol. The van der Waals surface area contributed by atoms with E-state index in [1.54, 1.807) is 0 Å². The van der Waals surface area contributed by atoms with E-state index in [0.717, 1.165) is 29.7 Å². The van der Waals surface area contributed by atoms with Crippen LogP contribution in [0.4, 0.5) is 0 Å². The molecule has 5 heteroatoms. The van der Waals surface area contributed by atoms with E-state index in [1.807, 2.05) is 24.3 Å². The number of rotatable bonds is 6. The molecule has 1 unspecified atom stereocenters. The molecule has 23 heavy (non-hydrogen) atoms. The molecule has 5 nitrogen and oxygen atoms in total. The van der Waals surface area contributed by atoms with Gasteiger partial charge in [0.2, 0.25) is 5.91 Å². The molecule has 1 aromatic carbocycles. The van der Waals surface area contributed by atoms with Crippen molar-refractivity contribution in [1.29, 1.82) is 0 Å². The molecule has 1 saturated heterocycles. The van der Waals surface area contributed by atoms with Crippen molar-refractivity contribution in [2.45, 2.75) is 45.1 Å². The van der Waals surface area contributed by atoms with Gasteiger partial charge < -0.3 is 5.32 Å². The van der Waals surface area contributed by atoms with E-state index in [0.29, 0.717) is 12.5 Å². The van der Waals surface area contributed by atoms with Crippen LogP contribution in [0, 0.1) is 0 Å². The van der Waals surface area contributed by atoms with Gasteiger partial charge in [-0.05, 0) is 31.9 Å². The minimum atomic E-state index is 0.0597. The Morgan fingerprint density at radius 3 is 3.13 bits per heavy atom. The maximum Gasteiger partial charge on any atom is 0.226 e. The normalized spacial score (nSPS) is 19.1. The van der Waals surface area contributed by atoms with E-state index in [-0.39, 0.29) is 5.91 Å². The zero-order chi connectivity index (χ0) is 16.1. The number of nitrogens with one attached hydrogen (secondary N) is 2. The molecular weight excluding hydrogens is 288 g/mol. The van der Waals surface area contributed by atoms with Crippen molar-refractivity contribution in [2.75, 3.05) is 19.6 Å². The first-order valence-electron chi connectivity index (χ1n) is 8.70. The summed E-state index contributed by atoms with van der Waals surface area (Å²) in [6, 6.07) is 8.57. The second-order valence-corrected chi connectivity index (χ2v) is 6.34. The Bertz CT molecular complexity index is 651. The van der Waals surface area contributed by atoms with Gasteiger partial charge in [0.05, 0.1) is 17.6 Å². The molecule has 0 spiro atoms. The lowest BCUT2D eigenvalue weighted by atomic mass is 10.0. The molecule has 1 aromatic heterocycles. The Morgan fingerprint density at radius 2 is 2.26 bits per heavy atom. The highest BCUT2D eigenvalue weighted by molar-refractivity contribution is 5.87. The maximum atomic E-state index is 12.2. The number of amides is 1. The summed E-state index contributed by atoms with van der Waals surface area (Å²) in [6.07, 6.45) is 5.48. The summed E-state index contributed by atoms with van der Waals surface area (Å²) in [7, 11) is 0. The maximum absolute atomic E-state index is 12.2. The second kappa shape index (κ2) is 7.59. The molecule has 2 heterocycles. The topological polar surface area (TPSA) is 61.0 Å². The third kappa shape index (κ3) is 3.91. The van der Waals surface area contributed by atoms with E-state index in [2.05, 4.69) is 27.3 Å². The Balaban J connectivity index is 1.48. The highest BCUT2D eigenvalue weighted by atomic mass is 16.1. The van der Waals surface area contributed by atoms with Crippen molar-refractivity contribution in [1.82, 2.24) is 20.4 Å². The van der Waals surface area contributed by atoms with Crippen LogP contribution in [0.3, 0.4) is 0 Å². The molecule has 0 bridgehead atoms. The fourth-order valence-electron chi connectivity index (χ4n) is 3.53. The van der Waals surface area contributed by atoms with Gasteiger partial charge in [-0.15, -0.1) is 0 Å². The third-order valence-electron chi connectivity index (χ3n) is 4.82. The number of fused-ring (bicyclic) bond motifs is 1. The molecule has 1 aliphatic rings. The van der Waals surface area contributed by atoms with Crippen molar-refractivity contribution in [3.05, 3.63) is 30.0 Å². The average molecular weight is 314 g/mol. The molecule has 1 fully saturated rings. The van der Waals surface area contributed by atoms with Crippen molar-refractivity contribution < 1.29 is 4.79 Å². The number of nitrogens with zero attached hydrogens (tertiary/aromatic N) is 2. The van der Waals surface area contributed by atoms with Gasteiger partial charge in [-0.1, -0.05) is 31.5 Å². The van der Waals surface area contributed by atoms with Crippen LogP contribution in [0.2, 0.25) is 0 Å². The number of hydrogen-bond acceptors (Lipinski definition) is 3. The van der Waals surface area contributed by atoms with Crippen LogP contribution in [0.5, 0.6) is 0 Å². The number of carbonyl (C=O) groups excluding carboxylic acids is 1. The largest absolute Gasteiger partial charge is 0.354 e. The highest BCUT2D eigenvalue weighted by Gasteiger charge is 2.20. The summed E-state index contributed by atoms with van der Waals surface area (Å²) < 4.78 is 0. The molecule has 2 aromatic rings. The molecule has 124 valence electrons. The van der Waals surface area contributed by atoms with Gasteiger partial charge in [0.25, 0.3) is 0 Å². The molecule has 0 radical (unpaired) electrons. The summed E-state index contributed by atoms with van der Waals surface area (Å²) in [5, 5.41) is 11.3. The van der Waals surface area contributed by atoms with Gasteiger partial charge in [-0.3, -0.25) is 14.8 Å². The first-order valence-corrected chi connectivity index (χ1v) is 8.70. The molecule has 1 amide bonds. The van der Waals surface area contributed by atoms with Gasteiger partial charge in [-0.2, -0.15) is 5.10 Å². The van der Waals surface area contributed by atoms with Crippen molar-refractivity contribution >= 4 is 16.8 Å². The Labute approximate surface area is 137 Å². The van der Waals surface area contributed by atoms with Crippen LogP contribution >= 0.6 is 0 Å². The molecular formula is C18H26N4O. The minimum Gasteiger partial charge on any atom is -0.354 e. The van der Waals surface area contributed by atoms with Crippen LogP contribution < -0.4 is 5.32 Å². The number of aromatic nitrogens is 2. The first kappa shape index (κ1) is 16.0. The van der Waals surface area contributed by atoms with E-state index >= 15 is 0 Å². The SMILES string of the molecule is CCC1CCCCN1CCNC(=O)Cc1[nH]nc2ccccc12. The summed E-state index contributed by atoms with van der Waals surface area (Å²) >= 11 is 0. The predicted octanol–water partition coefficient (Wildman–Crippen LogP) is 2.49. The lowest BCUT2D eigenvalue weighted by Gasteiger charge is -2.35. The number of benzene rings is 1. The molecule has 0 saturated carbocycles. The molecule has 0 aliphatic carbocycles. The lowest BCUT2D eigenvalue weighted by Crippen LogP contribution is -2.43. The fourth-order valence-corrected chi connectivity index (χ4v) is 3.53. The second-order valence-electron chi connectivity index (χ2n) is 6.34. The summed E-state index contributed by atoms with van der Waals surface area (Å²) in [5.41, 5.74) is 1.80. The van der Waals surface area contributed by atoms with Gasteiger partial charge >= 0.3 is 0 Å². The number of para-hydroxylation sites is 1. The molecule has 3 rings (SSSR count). The summed E-state index contributed by atoms with van der Waals surface area (Å²) in [6.45, 7) is 5.10. The van der Waals surface area contributed by atoms with Crippen LogP contribution in [-0.2, 0) is 11.2 Å². The van der Waals surface area contributed by atoms with Gasteiger partial charge in [0.15, 0.2) is 0 Å². The first-order chi connectivity index (χ1) is 11.3. The number of likely N-dealkylation sites (tertiary alicyclic amines) is 1. The van der Waals surface area contributed by atoms with Crippen molar-refractivity contribution in [2.24, 2.45) is 0 Å². The smallest absolute Gasteiger partial charge is 0.226 e. The predicted molar refractivity (Wildman–Crippen MR) is 92.3 cm³/mol. The molecule has 1 atom stereocenters. The number of carbonyl (C=O) groups is 1. The quantitative estimate of drug-likeness (QED) is 0.861.